The van der Waals surface area contributed by atoms with Crippen LogP contribution in [0.15, 0.2) is 12.1 Å². The molecule has 1 saturated carbocycles. The van der Waals surface area contributed by atoms with E-state index in [-0.39, 0.29) is 17.4 Å². The van der Waals surface area contributed by atoms with Crippen molar-refractivity contribution in [2.75, 3.05) is 6.54 Å². The van der Waals surface area contributed by atoms with Gasteiger partial charge in [-0.05, 0) is 43.9 Å². The van der Waals surface area contributed by atoms with Crippen LogP contribution < -0.4 is 5.32 Å². The lowest BCUT2D eigenvalue weighted by Gasteiger charge is -2.30. The van der Waals surface area contributed by atoms with E-state index in [1.807, 2.05) is 6.92 Å². The summed E-state index contributed by atoms with van der Waals surface area (Å²) in [4.78, 5) is 0. The quantitative estimate of drug-likeness (QED) is 0.796. The Morgan fingerprint density at radius 1 is 1.10 bits per heavy atom. The highest BCUT2D eigenvalue weighted by atomic mass is 19.1. The molecule has 1 atom stereocenters. The Morgan fingerprint density at radius 2 is 1.71 bits per heavy atom. The van der Waals surface area contributed by atoms with Gasteiger partial charge in [-0.1, -0.05) is 45.1 Å². The second-order valence-electron chi connectivity index (χ2n) is 6.23. The Morgan fingerprint density at radius 3 is 2.33 bits per heavy atom. The summed E-state index contributed by atoms with van der Waals surface area (Å²) in [6.45, 7) is 4.44. The van der Waals surface area contributed by atoms with Crippen LogP contribution in [0.3, 0.4) is 0 Å². The van der Waals surface area contributed by atoms with E-state index in [1.165, 1.54) is 44.2 Å². The van der Waals surface area contributed by atoms with Crippen molar-refractivity contribution in [3.05, 3.63) is 34.9 Å². The average Bonchev–Trinajstić information content (AvgIpc) is 2.42. The molecule has 0 aromatic heterocycles. The molecule has 1 fully saturated rings. The molecule has 0 spiro atoms. The van der Waals surface area contributed by atoms with Crippen molar-refractivity contribution in [1.82, 2.24) is 5.32 Å². The molecule has 0 amide bonds. The predicted molar refractivity (Wildman–Crippen MR) is 83.3 cm³/mol. The van der Waals surface area contributed by atoms with Crippen LogP contribution in [-0.4, -0.2) is 6.54 Å². The minimum atomic E-state index is -0.411. The maximum atomic E-state index is 14.5. The topological polar surface area (TPSA) is 12.0 Å². The molecule has 1 aliphatic carbocycles. The van der Waals surface area contributed by atoms with E-state index < -0.39 is 5.82 Å². The van der Waals surface area contributed by atoms with Crippen molar-refractivity contribution in [2.24, 2.45) is 5.92 Å². The van der Waals surface area contributed by atoms with Gasteiger partial charge in [0.05, 0.1) is 0 Å². The molecule has 3 heteroatoms. The van der Waals surface area contributed by atoms with E-state index >= 15 is 0 Å². The van der Waals surface area contributed by atoms with Crippen molar-refractivity contribution in [3.8, 4) is 0 Å². The zero-order valence-corrected chi connectivity index (χ0v) is 13.2. The van der Waals surface area contributed by atoms with Gasteiger partial charge in [-0.25, -0.2) is 8.78 Å². The van der Waals surface area contributed by atoms with Gasteiger partial charge < -0.3 is 5.32 Å². The summed E-state index contributed by atoms with van der Waals surface area (Å²) in [5.41, 5.74) is 0.780. The molecule has 1 unspecified atom stereocenters. The highest BCUT2D eigenvalue weighted by molar-refractivity contribution is 5.29. The second kappa shape index (κ2) is 7.88. The normalized spacial score (nSPS) is 19.0. The second-order valence-corrected chi connectivity index (χ2v) is 6.23. The molecular formula is C18H27F2N. The van der Waals surface area contributed by atoms with E-state index in [0.29, 0.717) is 11.5 Å². The lowest BCUT2D eigenvalue weighted by Crippen LogP contribution is -2.30. The Hall–Kier alpha value is -0.960. The molecule has 1 aliphatic rings. The van der Waals surface area contributed by atoms with Gasteiger partial charge in [0.2, 0.25) is 0 Å². The molecule has 1 aromatic rings. The Labute approximate surface area is 127 Å². The summed E-state index contributed by atoms with van der Waals surface area (Å²) in [5.74, 6) is -0.454. The summed E-state index contributed by atoms with van der Waals surface area (Å²) in [6.07, 6.45) is 8.24. The molecule has 0 aliphatic heterocycles. The molecular weight excluding hydrogens is 268 g/mol. The van der Waals surface area contributed by atoms with Crippen molar-refractivity contribution < 1.29 is 8.78 Å². The van der Waals surface area contributed by atoms with E-state index in [9.17, 15) is 8.78 Å². The lowest BCUT2D eigenvalue weighted by atomic mass is 9.82. The van der Waals surface area contributed by atoms with Gasteiger partial charge in [0, 0.05) is 11.6 Å². The first-order valence-electron chi connectivity index (χ1n) is 8.33. The van der Waals surface area contributed by atoms with Crippen LogP contribution in [-0.2, 0) is 0 Å². The molecule has 1 aromatic carbocycles. The maximum absolute atomic E-state index is 14.5. The number of rotatable bonds is 4. The fraction of sp³-hybridized carbons (Fsp3) is 0.667. The van der Waals surface area contributed by atoms with Crippen molar-refractivity contribution in [2.45, 2.75) is 64.8 Å². The first kappa shape index (κ1) is 16.4. The first-order chi connectivity index (χ1) is 10.1. The molecule has 118 valence electrons. The third-order valence-corrected chi connectivity index (χ3v) is 4.68. The largest absolute Gasteiger partial charge is 0.310 e. The average molecular weight is 295 g/mol. The summed E-state index contributed by atoms with van der Waals surface area (Å²) in [6, 6.07) is 2.73. The Kier molecular flexibility index (Phi) is 6.16. The van der Waals surface area contributed by atoms with Crippen molar-refractivity contribution >= 4 is 0 Å². The number of nitrogens with one attached hydrogen (secondary N) is 1. The molecule has 0 bridgehead atoms. The van der Waals surface area contributed by atoms with Gasteiger partial charge >= 0.3 is 0 Å². The van der Waals surface area contributed by atoms with Gasteiger partial charge in [-0.3, -0.25) is 0 Å². The van der Waals surface area contributed by atoms with Gasteiger partial charge in [-0.2, -0.15) is 0 Å². The summed E-state index contributed by atoms with van der Waals surface area (Å²) in [7, 11) is 0. The first-order valence-corrected chi connectivity index (χ1v) is 8.33. The smallest absolute Gasteiger partial charge is 0.133 e. The predicted octanol–water partition coefficient (Wildman–Crippen LogP) is 5.28. The minimum absolute atomic E-state index is 0.201. The van der Waals surface area contributed by atoms with Crippen LogP contribution in [0.2, 0.25) is 0 Å². The number of halogens is 2. The van der Waals surface area contributed by atoms with Gasteiger partial charge in [-0.15, -0.1) is 0 Å². The van der Waals surface area contributed by atoms with E-state index in [0.717, 1.165) is 19.4 Å². The summed E-state index contributed by atoms with van der Waals surface area (Å²) < 4.78 is 28.8. The highest BCUT2D eigenvalue weighted by Crippen LogP contribution is 2.35. The minimum Gasteiger partial charge on any atom is -0.310 e. The molecule has 2 rings (SSSR count). The van der Waals surface area contributed by atoms with Crippen molar-refractivity contribution in [3.63, 3.8) is 0 Å². The molecule has 0 heterocycles. The Bertz CT molecular complexity index is 451. The van der Waals surface area contributed by atoms with Gasteiger partial charge in [0.15, 0.2) is 0 Å². The number of hydrogen-bond acceptors (Lipinski definition) is 1. The van der Waals surface area contributed by atoms with E-state index in [1.54, 1.807) is 6.92 Å². The lowest BCUT2D eigenvalue weighted by molar-refractivity contribution is 0.280. The number of aryl methyl sites for hydroxylation is 1. The summed E-state index contributed by atoms with van der Waals surface area (Å²) >= 11 is 0. The number of hydrogen-bond donors (Lipinski definition) is 1. The van der Waals surface area contributed by atoms with E-state index in [4.69, 9.17) is 0 Å². The van der Waals surface area contributed by atoms with Gasteiger partial charge in [0.1, 0.15) is 11.6 Å². The van der Waals surface area contributed by atoms with Crippen LogP contribution >= 0.6 is 0 Å². The summed E-state index contributed by atoms with van der Waals surface area (Å²) in [5, 5.41) is 3.35. The van der Waals surface area contributed by atoms with Crippen molar-refractivity contribution in [1.29, 1.82) is 0 Å². The molecule has 1 nitrogen and oxygen atoms in total. The SMILES string of the molecule is CCNC(c1c(F)ccc(C)c1F)C1CCCCCCC1. The fourth-order valence-corrected chi connectivity index (χ4v) is 3.51. The zero-order valence-electron chi connectivity index (χ0n) is 13.2. The molecule has 1 N–H and O–H groups in total. The molecule has 0 radical (unpaired) electrons. The third kappa shape index (κ3) is 4.03. The van der Waals surface area contributed by atoms with E-state index in [2.05, 4.69) is 5.32 Å². The monoisotopic (exact) mass is 295 g/mol. The van der Waals surface area contributed by atoms with Crippen LogP contribution in [0, 0.1) is 24.5 Å². The zero-order chi connectivity index (χ0) is 15.2. The maximum Gasteiger partial charge on any atom is 0.133 e. The highest BCUT2D eigenvalue weighted by Gasteiger charge is 2.28. The third-order valence-electron chi connectivity index (χ3n) is 4.68. The fourth-order valence-electron chi connectivity index (χ4n) is 3.51. The van der Waals surface area contributed by atoms with Crippen LogP contribution in [0.25, 0.3) is 0 Å². The van der Waals surface area contributed by atoms with Gasteiger partial charge in [0.25, 0.3) is 0 Å². The van der Waals surface area contributed by atoms with Crippen LogP contribution in [0.5, 0.6) is 0 Å². The molecule has 21 heavy (non-hydrogen) atoms. The number of benzene rings is 1. The standard InChI is InChI=1S/C18H27F2N/c1-3-21-18(14-9-7-5-4-6-8-10-14)16-15(19)12-11-13(2)17(16)20/h11-12,14,18,21H,3-10H2,1-2H3. The molecule has 0 saturated heterocycles. The van der Waals surface area contributed by atoms with Crippen LogP contribution in [0.4, 0.5) is 8.78 Å². The Balaban J connectivity index is 2.31. The van der Waals surface area contributed by atoms with Crippen LogP contribution in [0.1, 0.15) is 69.0 Å².